The first-order valence-electron chi connectivity index (χ1n) is 12.1. The summed E-state index contributed by atoms with van der Waals surface area (Å²) in [6.07, 6.45) is 3.30. The lowest BCUT2D eigenvalue weighted by Gasteiger charge is -2.37. The zero-order valence-electron chi connectivity index (χ0n) is 20.2. The number of urea groups is 1. The van der Waals surface area contributed by atoms with Crippen LogP contribution < -0.4 is 15.5 Å². The molecular weight excluding hydrogens is 473 g/mol. The van der Waals surface area contributed by atoms with Crippen LogP contribution in [0.3, 0.4) is 0 Å². The lowest BCUT2D eigenvalue weighted by Crippen LogP contribution is -2.40. The van der Waals surface area contributed by atoms with E-state index in [9.17, 15) is 19.1 Å². The number of carbonyl (C=O) groups excluding carboxylic acids is 1. The van der Waals surface area contributed by atoms with Crippen molar-refractivity contribution < 1.29 is 23.8 Å². The minimum absolute atomic E-state index is 0.00386. The van der Waals surface area contributed by atoms with E-state index in [0.29, 0.717) is 25.3 Å². The molecule has 0 aromatic heterocycles. The van der Waals surface area contributed by atoms with E-state index >= 15 is 0 Å². The van der Waals surface area contributed by atoms with Gasteiger partial charge in [0, 0.05) is 30.8 Å². The smallest absolute Gasteiger partial charge is 0.323 e. The second kappa shape index (κ2) is 12.7. The second-order valence-corrected chi connectivity index (χ2v) is 9.16. The number of amides is 2. The summed E-state index contributed by atoms with van der Waals surface area (Å²) in [6.45, 7) is 6.19. The molecule has 0 bridgehead atoms. The van der Waals surface area contributed by atoms with Crippen LogP contribution in [0.1, 0.15) is 57.4 Å². The molecule has 2 aromatic carbocycles. The fourth-order valence-corrected chi connectivity index (χ4v) is 4.63. The SMILES string of the molecule is CCCN(c1ccc([C@@H](CC)CC(=O)O)cc1NC(=O)Nc1ccc(Cl)cc1F)C1CCOCC1. The highest BCUT2D eigenvalue weighted by atomic mass is 35.5. The molecule has 35 heavy (non-hydrogen) atoms. The first kappa shape index (κ1) is 26.8. The average molecular weight is 506 g/mol. The van der Waals surface area contributed by atoms with E-state index in [-0.39, 0.29) is 29.1 Å². The van der Waals surface area contributed by atoms with E-state index in [2.05, 4.69) is 22.5 Å². The fraction of sp³-hybridized carbons (Fsp3) is 0.462. The molecule has 2 aromatic rings. The van der Waals surface area contributed by atoms with Gasteiger partial charge < -0.3 is 25.4 Å². The van der Waals surface area contributed by atoms with Crippen LogP contribution in [0, 0.1) is 5.82 Å². The molecule has 0 unspecified atom stereocenters. The van der Waals surface area contributed by atoms with Crippen LogP contribution in [-0.2, 0) is 9.53 Å². The summed E-state index contributed by atoms with van der Waals surface area (Å²) < 4.78 is 19.8. The number of carboxylic acid groups (broad SMARTS) is 1. The minimum atomic E-state index is -0.874. The van der Waals surface area contributed by atoms with Gasteiger partial charge in [0.1, 0.15) is 5.82 Å². The monoisotopic (exact) mass is 505 g/mol. The topological polar surface area (TPSA) is 90.9 Å². The third-order valence-electron chi connectivity index (χ3n) is 6.24. The summed E-state index contributed by atoms with van der Waals surface area (Å²) >= 11 is 5.81. The molecule has 1 aliphatic rings. The van der Waals surface area contributed by atoms with Crippen molar-refractivity contribution in [1.82, 2.24) is 0 Å². The quantitative estimate of drug-likeness (QED) is 0.343. The van der Waals surface area contributed by atoms with Crippen molar-refractivity contribution in [3.05, 3.63) is 52.8 Å². The van der Waals surface area contributed by atoms with Crippen molar-refractivity contribution in [1.29, 1.82) is 0 Å². The Morgan fingerprint density at radius 3 is 2.49 bits per heavy atom. The number of benzene rings is 2. The van der Waals surface area contributed by atoms with Crippen LogP contribution in [0.25, 0.3) is 0 Å². The number of nitrogens with one attached hydrogen (secondary N) is 2. The van der Waals surface area contributed by atoms with Crippen molar-refractivity contribution >= 4 is 40.7 Å². The van der Waals surface area contributed by atoms with Crippen LogP contribution >= 0.6 is 11.6 Å². The van der Waals surface area contributed by atoms with E-state index in [1.54, 1.807) is 0 Å². The Balaban J connectivity index is 1.95. The first-order valence-corrected chi connectivity index (χ1v) is 12.4. The summed E-state index contributed by atoms with van der Waals surface area (Å²) in [5, 5.41) is 15.0. The highest BCUT2D eigenvalue weighted by molar-refractivity contribution is 6.30. The standard InChI is InChI=1S/C26H33ClFN3O4/c1-3-11-31(20-9-12-35-13-10-20)24-8-5-18(17(4-2)15-25(32)33)14-23(24)30-26(34)29-22-7-6-19(27)16-21(22)28/h5-8,14,16-17,20H,3-4,9-13,15H2,1-2H3,(H,32,33)(H2,29,30,34)/t17-/m0/s1. The number of carbonyl (C=O) groups is 2. The van der Waals surface area contributed by atoms with E-state index in [1.807, 2.05) is 25.1 Å². The van der Waals surface area contributed by atoms with Crippen molar-refractivity contribution in [3.8, 4) is 0 Å². The number of ether oxygens (including phenoxy) is 1. The Morgan fingerprint density at radius 2 is 1.86 bits per heavy atom. The van der Waals surface area contributed by atoms with Gasteiger partial charge in [-0.1, -0.05) is 31.5 Å². The molecule has 7 nitrogen and oxygen atoms in total. The molecule has 0 aliphatic carbocycles. The normalized spacial score (nSPS) is 14.9. The number of rotatable bonds is 10. The van der Waals surface area contributed by atoms with Crippen LogP contribution in [0.15, 0.2) is 36.4 Å². The van der Waals surface area contributed by atoms with Crippen molar-refractivity contribution in [2.45, 2.75) is 57.9 Å². The molecular formula is C26H33ClFN3O4. The molecule has 2 amide bonds. The number of halogens is 2. The van der Waals surface area contributed by atoms with Crippen molar-refractivity contribution in [2.75, 3.05) is 35.3 Å². The van der Waals surface area contributed by atoms with Crippen LogP contribution in [-0.4, -0.2) is 42.9 Å². The predicted octanol–water partition coefficient (Wildman–Crippen LogP) is 6.49. The zero-order chi connectivity index (χ0) is 25.4. The zero-order valence-corrected chi connectivity index (χ0v) is 20.9. The number of hydrogen-bond acceptors (Lipinski definition) is 4. The Hall–Kier alpha value is -2.84. The van der Waals surface area contributed by atoms with Gasteiger partial charge in [-0.15, -0.1) is 0 Å². The van der Waals surface area contributed by atoms with Gasteiger partial charge in [0.15, 0.2) is 0 Å². The molecule has 3 rings (SSSR count). The Labute approximate surface area is 210 Å². The number of aliphatic carboxylic acids is 1. The fourth-order valence-electron chi connectivity index (χ4n) is 4.47. The second-order valence-electron chi connectivity index (χ2n) is 8.72. The molecule has 0 saturated carbocycles. The Bertz CT molecular complexity index is 1030. The van der Waals surface area contributed by atoms with Gasteiger partial charge >= 0.3 is 12.0 Å². The maximum Gasteiger partial charge on any atom is 0.323 e. The lowest BCUT2D eigenvalue weighted by atomic mass is 9.92. The summed E-state index contributed by atoms with van der Waals surface area (Å²) in [6, 6.07) is 9.42. The van der Waals surface area contributed by atoms with Gasteiger partial charge in [-0.25, -0.2) is 9.18 Å². The molecule has 1 aliphatic heterocycles. The van der Waals surface area contributed by atoms with Crippen LogP contribution in [0.5, 0.6) is 0 Å². The third kappa shape index (κ3) is 7.32. The van der Waals surface area contributed by atoms with Crippen LogP contribution in [0.2, 0.25) is 5.02 Å². The molecule has 3 N–H and O–H groups in total. The van der Waals surface area contributed by atoms with E-state index in [1.165, 1.54) is 12.1 Å². The van der Waals surface area contributed by atoms with E-state index in [0.717, 1.165) is 43.1 Å². The number of hydrogen-bond donors (Lipinski definition) is 3. The maximum absolute atomic E-state index is 14.2. The maximum atomic E-state index is 14.2. The molecule has 1 saturated heterocycles. The van der Waals surface area contributed by atoms with Gasteiger partial charge in [0.25, 0.3) is 0 Å². The Morgan fingerprint density at radius 1 is 1.14 bits per heavy atom. The molecule has 9 heteroatoms. The van der Waals surface area contributed by atoms with E-state index < -0.39 is 17.8 Å². The first-order chi connectivity index (χ1) is 16.8. The van der Waals surface area contributed by atoms with Crippen LogP contribution in [0.4, 0.5) is 26.2 Å². The van der Waals surface area contributed by atoms with Gasteiger partial charge in [0.2, 0.25) is 0 Å². The van der Waals surface area contributed by atoms with Crippen molar-refractivity contribution in [2.24, 2.45) is 0 Å². The number of anilines is 3. The molecule has 1 fully saturated rings. The highest BCUT2D eigenvalue weighted by Gasteiger charge is 2.25. The largest absolute Gasteiger partial charge is 0.481 e. The summed E-state index contributed by atoms with van der Waals surface area (Å²) in [7, 11) is 0. The van der Waals surface area contributed by atoms with Gasteiger partial charge in [-0.2, -0.15) is 0 Å². The Kier molecular flexibility index (Phi) is 9.74. The van der Waals surface area contributed by atoms with Gasteiger partial charge in [-0.05, 0) is 67.5 Å². The molecule has 1 atom stereocenters. The third-order valence-corrected chi connectivity index (χ3v) is 6.47. The van der Waals surface area contributed by atoms with Gasteiger partial charge in [-0.3, -0.25) is 4.79 Å². The minimum Gasteiger partial charge on any atom is -0.481 e. The van der Waals surface area contributed by atoms with Crippen molar-refractivity contribution in [3.63, 3.8) is 0 Å². The average Bonchev–Trinajstić information content (AvgIpc) is 2.83. The summed E-state index contributed by atoms with van der Waals surface area (Å²) in [5.41, 5.74) is 2.24. The molecule has 190 valence electrons. The summed E-state index contributed by atoms with van der Waals surface area (Å²) in [4.78, 5) is 26.6. The summed E-state index contributed by atoms with van der Waals surface area (Å²) in [5.74, 6) is -1.70. The predicted molar refractivity (Wildman–Crippen MR) is 137 cm³/mol. The van der Waals surface area contributed by atoms with E-state index in [4.69, 9.17) is 16.3 Å². The highest BCUT2D eigenvalue weighted by Crippen LogP contribution is 2.35. The molecule has 0 spiro atoms. The number of nitrogens with zero attached hydrogens (tertiary/aromatic N) is 1. The van der Waals surface area contributed by atoms with Gasteiger partial charge in [0.05, 0.1) is 23.5 Å². The lowest BCUT2D eigenvalue weighted by molar-refractivity contribution is -0.137. The molecule has 0 radical (unpaired) electrons. The molecule has 1 heterocycles. The number of carboxylic acids is 1.